The lowest BCUT2D eigenvalue weighted by atomic mass is 9.75. The second-order valence-electron chi connectivity index (χ2n) is 6.45. The number of hydrogen-bond donors (Lipinski definition) is 0. The molecule has 0 saturated heterocycles. The first-order chi connectivity index (χ1) is 10.8. The van der Waals surface area contributed by atoms with Crippen molar-refractivity contribution in [2.75, 3.05) is 6.61 Å². The van der Waals surface area contributed by atoms with Crippen molar-refractivity contribution in [2.45, 2.75) is 70.0 Å². The van der Waals surface area contributed by atoms with E-state index in [4.69, 9.17) is 9.47 Å². The Morgan fingerprint density at radius 2 is 1.91 bits per heavy atom. The highest BCUT2D eigenvalue weighted by atomic mass is 16.5. The number of carbonyl (C=O) groups excluding carboxylic acids is 1. The van der Waals surface area contributed by atoms with Gasteiger partial charge < -0.3 is 9.47 Å². The number of hydrogen-bond acceptors (Lipinski definition) is 3. The van der Waals surface area contributed by atoms with Crippen LogP contribution in [0.1, 0.15) is 62.5 Å². The molecule has 0 heterocycles. The summed E-state index contributed by atoms with van der Waals surface area (Å²) in [6, 6.07) is 8.28. The van der Waals surface area contributed by atoms with Crippen LogP contribution in [0.2, 0.25) is 0 Å². The predicted octanol–water partition coefficient (Wildman–Crippen LogP) is 4.00. The van der Waals surface area contributed by atoms with E-state index >= 15 is 0 Å². The molecule has 0 amide bonds. The SMILES string of the molecule is CCOC(=O)Cc1ccccc1C1CCC1OC1CCCC1. The van der Waals surface area contributed by atoms with Gasteiger partial charge in [0.25, 0.3) is 0 Å². The molecule has 2 fully saturated rings. The van der Waals surface area contributed by atoms with Crippen LogP contribution in [0.4, 0.5) is 0 Å². The molecule has 0 radical (unpaired) electrons. The lowest BCUT2D eigenvalue weighted by molar-refractivity contribution is -0.142. The molecule has 0 spiro atoms. The molecule has 2 aliphatic carbocycles. The quantitative estimate of drug-likeness (QED) is 0.745. The Bertz CT molecular complexity index is 505. The Morgan fingerprint density at radius 1 is 1.14 bits per heavy atom. The zero-order valence-corrected chi connectivity index (χ0v) is 13.4. The number of rotatable bonds is 6. The van der Waals surface area contributed by atoms with Crippen molar-refractivity contribution in [3.63, 3.8) is 0 Å². The van der Waals surface area contributed by atoms with Gasteiger partial charge in [-0.15, -0.1) is 0 Å². The van der Waals surface area contributed by atoms with Gasteiger partial charge in [0.1, 0.15) is 0 Å². The first-order valence-corrected chi connectivity index (χ1v) is 8.66. The van der Waals surface area contributed by atoms with Gasteiger partial charge in [-0.05, 0) is 43.7 Å². The summed E-state index contributed by atoms with van der Waals surface area (Å²) in [7, 11) is 0. The molecular weight excluding hydrogens is 276 g/mol. The first-order valence-electron chi connectivity index (χ1n) is 8.66. The molecule has 2 aliphatic rings. The number of esters is 1. The summed E-state index contributed by atoms with van der Waals surface area (Å²) < 4.78 is 11.4. The molecule has 1 aromatic rings. The maximum Gasteiger partial charge on any atom is 0.310 e. The van der Waals surface area contributed by atoms with E-state index in [0.717, 1.165) is 18.4 Å². The third-order valence-electron chi connectivity index (χ3n) is 4.98. The molecule has 0 aliphatic heterocycles. The summed E-state index contributed by atoms with van der Waals surface area (Å²) in [6.45, 7) is 2.29. The van der Waals surface area contributed by atoms with E-state index in [1.165, 1.54) is 31.2 Å². The third-order valence-corrected chi connectivity index (χ3v) is 4.98. The van der Waals surface area contributed by atoms with Crippen LogP contribution < -0.4 is 0 Å². The molecule has 2 atom stereocenters. The minimum atomic E-state index is -0.137. The molecule has 3 rings (SSSR count). The van der Waals surface area contributed by atoms with Gasteiger partial charge >= 0.3 is 5.97 Å². The Kier molecular flexibility index (Phi) is 5.14. The topological polar surface area (TPSA) is 35.5 Å². The predicted molar refractivity (Wildman–Crippen MR) is 85.9 cm³/mol. The van der Waals surface area contributed by atoms with Gasteiger partial charge in [0.05, 0.1) is 25.2 Å². The maximum absolute atomic E-state index is 11.8. The summed E-state index contributed by atoms with van der Waals surface area (Å²) in [6.07, 6.45) is 8.53. The largest absolute Gasteiger partial charge is 0.466 e. The Hall–Kier alpha value is -1.35. The molecular formula is C19H26O3. The zero-order valence-electron chi connectivity index (χ0n) is 13.4. The molecule has 0 bridgehead atoms. The standard InChI is InChI=1S/C19H26O3/c1-2-21-19(20)13-14-7-3-6-10-16(14)17-11-12-18(17)22-15-8-4-5-9-15/h3,6-7,10,15,17-18H,2,4-5,8-9,11-13H2,1H3. The van der Waals surface area contributed by atoms with Gasteiger partial charge in [-0.25, -0.2) is 0 Å². The van der Waals surface area contributed by atoms with E-state index < -0.39 is 0 Å². The smallest absolute Gasteiger partial charge is 0.310 e. The molecule has 3 nitrogen and oxygen atoms in total. The molecule has 1 aromatic carbocycles. The van der Waals surface area contributed by atoms with E-state index in [9.17, 15) is 4.79 Å². The highest BCUT2D eigenvalue weighted by Gasteiger charge is 2.36. The van der Waals surface area contributed by atoms with Gasteiger partial charge in [0.15, 0.2) is 0 Å². The van der Waals surface area contributed by atoms with E-state index in [2.05, 4.69) is 18.2 Å². The van der Waals surface area contributed by atoms with Gasteiger partial charge in [0, 0.05) is 5.92 Å². The Morgan fingerprint density at radius 3 is 2.59 bits per heavy atom. The number of ether oxygens (including phenoxy) is 2. The summed E-state index contributed by atoms with van der Waals surface area (Å²) in [5.74, 6) is 0.314. The normalized spacial score (nSPS) is 25.0. The van der Waals surface area contributed by atoms with Gasteiger partial charge in [-0.3, -0.25) is 4.79 Å². The van der Waals surface area contributed by atoms with Crippen molar-refractivity contribution in [2.24, 2.45) is 0 Å². The second-order valence-corrected chi connectivity index (χ2v) is 6.45. The van der Waals surface area contributed by atoms with E-state index in [1.807, 2.05) is 13.0 Å². The van der Waals surface area contributed by atoms with Crippen molar-refractivity contribution in [1.82, 2.24) is 0 Å². The molecule has 22 heavy (non-hydrogen) atoms. The zero-order chi connectivity index (χ0) is 15.4. The van der Waals surface area contributed by atoms with Crippen LogP contribution in [0.3, 0.4) is 0 Å². The minimum Gasteiger partial charge on any atom is -0.466 e. The summed E-state index contributed by atoms with van der Waals surface area (Å²) in [5, 5.41) is 0. The van der Waals surface area contributed by atoms with Crippen LogP contribution in [0.15, 0.2) is 24.3 Å². The maximum atomic E-state index is 11.8. The monoisotopic (exact) mass is 302 g/mol. The molecule has 3 heteroatoms. The van der Waals surface area contributed by atoms with Crippen LogP contribution in [-0.4, -0.2) is 24.8 Å². The van der Waals surface area contributed by atoms with Crippen LogP contribution in [0, 0.1) is 0 Å². The van der Waals surface area contributed by atoms with Crippen LogP contribution in [0.5, 0.6) is 0 Å². The van der Waals surface area contributed by atoms with Crippen molar-refractivity contribution >= 4 is 5.97 Å². The van der Waals surface area contributed by atoms with Crippen molar-refractivity contribution in [1.29, 1.82) is 0 Å². The summed E-state index contributed by atoms with van der Waals surface area (Å²) in [5.41, 5.74) is 2.38. The second kappa shape index (κ2) is 7.28. The average Bonchev–Trinajstić information content (AvgIpc) is 2.99. The summed E-state index contributed by atoms with van der Waals surface area (Å²) in [4.78, 5) is 11.8. The first kappa shape index (κ1) is 15.5. The van der Waals surface area contributed by atoms with E-state index in [1.54, 1.807) is 0 Å². The van der Waals surface area contributed by atoms with Crippen molar-refractivity contribution in [3.05, 3.63) is 35.4 Å². The highest BCUT2D eigenvalue weighted by Crippen LogP contribution is 2.42. The van der Waals surface area contributed by atoms with Gasteiger partial charge in [-0.2, -0.15) is 0 Å². The minimum absolute atomic E-state index is 0.137. The van der Waals surface area contributed by atoms with Crippen molar-refractivity contribution in [3.8, 4) is 0 Å². The number of benzene rings is 1. The fourth-order valence-corrected chi connectivity index (χ4v) is 3.68. The molecule has 2 unspecified atom stereocenters. The Balaban J connectivity index is 1.67. The molecule has 120 valence electrons. The fraction of sp³-hybridized carbons (Fsp3) is 0.632. The van der Waals surface area contributed by atoms with Crippen LogP contribution in [0.25, 0.3) is 0 Å². The number of carbonyl (C=O) groups is 1. The van der Waals surface area contributed by atoms with Crippen molar-refractivity contribution < 1.29 is 14.3 Å². The average molecular weight is 302 g/mol. The lowest BCUT2D eigenvalue weighted by Crippen LogP contribution is -2.35. The molecule has 0 N–H and O–H groups in total. The Labute approximate surface area is 133 Å². The lowest BCUT2D eigenvalue weighted by Gasteiger charge is -2.39. The summed E-state index contributed by atoms with van der Waals surface area (Å²) >= 11 is 0. The van der Waals surface area contributed by atoms with E-state index in [-0.39, 0.29) is 5.97 Å². The van der Waals surface area contributed by atoms with Crippen LogP contribution >= 0.6 is 0 Å². The van der Waals surface area contributed by atoms with Gasteiger partial charge in [-0.1, -0.05) is 37.1 Å². The molecule has 2 saturated carbocycles. The fourth-order valence-electron chi connectivity index (χ4n) is 3.68. The van der Waals surface area contributed by atoms with Crippen LogP contribution in [-0.2, 0) is 20.7 Å². The molecule has 0 aromatic heterocycles. The highest BCUT2D eigenvalue weighted by molar-refractivity contribution is 5.73. The van der Waals surface area contributed by atoms with E-state index in [0.29, 0.717) is 31.2 Å². The third kappa shape index (κ3) is 3.52. The van der Waals surface area contributed by atoms with Gasteiger partial charge in [0.2, 0.25) is 0 Å².